The fourth-order valence-electron chi connectivity index (χ4n) is 2.10. The van der Waals surface area contributed by atoms with Gasteiger partial charge in [0.1, 0.15) is 5.60 Å². The Bertz CT molecular complexity index is 344. The van der Waals surface area contributed by atoms with Crippen LogP contribution in [-0.4, -0.2) is 36.2 Å². The molecule has 1 heterocycles. The van der Waals surface area contributed by atoms with Crippen molar-refractivity contribution in [2.45, 2.75) is 39.7 Å². The van der Waals surface area contributed by atoms with E-state index in [1.165, 1.54) is 0 Å². The van der Waals surface area contributed by atoms with Gasteiger partial charge < -0.3 is 9.64 Å². The lowest BCUT2D eigenvalue weighted by Crippen LogP contribution is -2.45. The lowest BCUT2D eigenvalue weighted by molar-refractivity contribution is 0.0122. The molecule has 1 aliphatic heterocycles. The number of nitrogens with zero attached hydrogens (tertiary/aromatic N) is 4. The number of hydrogen-bond acceptors (Lipinski definition) is 3. The molecule has 0 spiro atoms. The van der Waals surface area contributed by atoms with Crippen LogP contribution in [0.25, 0.3) is 10.4 Å². The Labute approximate surface area is 108 Å². The Morgan fingerprint density at radius 2 is 2.22 bits per heavy atom. The van der Waals surface area contributed by atoms with Crippen LogP contribution in [-0.2, 0) is 4.74 Å². The van der Waals surface area contributed by atoms with Gasteiger partial charge in [0.25, 0.3) is 0 Å². The number of piperidine rings is 1. The molecule has 0 radical (unpaired) electrons. The molecule has 18 heavy (non-hydrogen) atoms. The van der Waals surface area contributed by atoms with Crippen LogP contribution in [0, 0.1) is 11.8 Å². The molecule has 0 N–H and O–H groups in total. The Balaban J connectivity index is 2.50. The van der Waals surface area contributed by atoms with Crippen molar-refractivity contribution < 1.29 is 9.53 Å². The summed E-state index contributed by atoms with van der Waals surface area (Å²) < 4.78 is 5.35. The molecule has 1 fully saturated rings. The number of carbonyl (C=O) groups excluding carboxylic acids is 1. The zero-order valence-electron chi connectivity index (χ0n) is 11.6. The molecule has 1 aliphatic rings. The predicted molar refractivity (Wildman–Crippen MR) is 69.1 cm³/mol. The first-order chi connectivity index (χ1) is 8.33. The third kappa shape index (κ3) is 4.45. The second kappa shape index (κ2) is 5.96. The molecule has 2 atom stereocenters. The highest BCUT2D eigenvalue weighted by Crippen LogP contribution is 2.25. The topological polar surface area (TPSA) is 78.3 Å². The first-order valence-electron chi connectivity index (χ1n) is 6.32. The zero-order chi connectivity index (χ0) is 13.8. The molecule has 1 rings (SSSR count). The molecule has 0 aromatic carbocycles. The highest BCUT2D eigenvalue weighted by atomic mass is 16.6. The third-order valence-corrected chi connectivity index (χ3v) is 3.11. The van der Waals surface area contributed by atoms with Gasteiger partial charge in [0, 0.05) is 24.5 Å². The summed E-state index contributed by atoms with van der Waals surface area (Å²) in [5, 5.41) is 3.62. The number of rotatable bonds is 2. The number of carbonyl (C=O) groups is 1. The van der Waals surface area contributed by atoms with Gasteiger partial charge >= 0.3 is 6.09 Å². The maximum atomic E-state index is 11.9. The van der Waals surface area contributed by atoms with Crippen molar-refractivity contribution in [3.63, 3.8) is 0 Å². The summed E-state index contributed by atoms with van der Waals surface area (Å²) >= 11 is 0. The van der Waals surface area contributed by atoms with Crippen LogP contribution in [0.3, 0.4) is 0 Å². The Morgan fingerprint density at radius 3 is 2.72 bits per heavy atom. The van der Waals surface area contributed by atoms with E-state index in [0.29, 0.717) is 31.5 Å². The van der Waals surface area contributed by atoms with Crippen LogP contribution in [0.15, 0.2) is 5.11 Å². The highest BCUT2D eigenvalue weighted by Gasteiger charge is 2.30. The van der Waals surface area contributed by atoms with Gasteiger partial charge in [0.05, 0.1) is 0 Å². The SMILES string of the molecule is C[C@H]1CN(C(=O)OC(C)(C)C)CC[C@@H]1CN=[N+]=[N-]. The molecule has 6 nitrogen and oxygen atoms in total. The molecule has 1 amide bonds. The Morgan fingerprint density at radius 1 is 1.56 bits per heavy atom. The quantitative estimate of drug-likeness (QED) is 0.431. The summed E-state index contributed by atoms with van der Waals surface area (Å²) in [7, 11) is 0. The predicted octanol–water partition coefficient (Wildman–Crippen LogP) is 3.19. The van der Waals surface area contributed by atoms with E-state index in [0.717, 1.165) is 6.42 Å². The molecule has 0 aliphatic carbocycles. The number of ether oxygens (including phenoxy) is 1. The van der Waals surface area contributed by atoms with Crippen molar-refractivity contribution in [1.82, 2.24) is 4.90 Å². The van der Waals surface area contributed by atoms with Crippen molar-refractivity contribution in [2.75, 3.05) is 19.6 Å². The maximum Gasteiger partial charge on any atom is 0.410 e. The maximum absolute atomic E-state index is 11.9. The van der Waals surface area contributed by atoms with Crippen molar-refractivity contribution in [1.29, 1.82) is 0 Å². The molecule has 6 heteroatoms. The number of amides is 1. The van der Waals surface area contributed by atoms with Crippen molar-refractivity contribution in [3.05, 3.63) is 10.4 Å². The van der Waals surface area contributed by atoms with Gasteiger partial charge in [-0.2, -0.15) is 0 Å². The van der Waals surface area contributed by atoms with Crippen LogP contribution < -0.4 is 0 Å². The molecule has 0 unspecified atom stereocenters. The normalized spacial score (nSPS) is 24.3. The molecular weight excluding hydrogens is 232 g/mol. The molecule has 1 saturated heterocycles. The van der Waals surface area contributed by atoms with Gasteiger partial charge in [0.15, 0.2) is 0 Å². The fourth-order valence-corrected chi connectivity index (χ4v) is 2.10. The number of hydrogen-bond donors (Lipinski definition) is 0. The monoisotopic (exact) mass is 254 g/mol. The summed E-state index contributed by atoms with van der Waals surface area (Å²) in [5.41, 5.74) is 7.87. The van der Waals surface area contributed by atoms with E-state index >= 15 is 0 Å². The van der Waals surface area contributed by atoms with Gasteiger partial charge in [-0.25, -0.2) is 4.79 Å². The summed E-state index contributed by atoms with van der Waals surface area (Å²) in [5.74, 6) is 0.691. The lowest BCUT2D eigenvalue weighted by atomic mass is 9.87. The van der Waals surface area contributed by atoms with Gasteiger partial charge in [-0.05, 0) is 44.6 Å². The van der Waals surface area contributed by atoms with E-state index in [9.17, 15) is 4.79 Å². The third-order valence-electron chi connectivity index (χ3n) is 3.11. The summed E-state index contributed by atoms with van der Waals surface area (Å²) in [6.07, 6.45) is 0.607. The van der Waals surface area contributed by atoms with Crippen molar-refractivity contribution in [3.8, 4) is 0 Å². The standard InChI is InChI=1S/C12H22N4O2/c1-9-8-16(11(17)18-12(2,3)4)6-5-10(9)7-14-15-13/h9-10H,5-8H2,1-4H3/t9-,10+/m0/s1. The van der Waals surface area contributed by atoms with Gasteiger partial charge in [-0.15, -0.1) is 0 Å². The molecule has 0 saturated carbocycles. The minimum Gasteiger partial charge on any atom is -0.444 e. The molecule has 0 aromatic rings. The molecular formula is C12H22N4O2. The largest absolute Gasteiger partial charge is 0.444 e. The van der Waals surface area contributed by atoms with E-state index in [1.54, 1.807) is 4.90 Å². The average molecular weight is 254 g/mol. The van der Waals surface area contributed by atoms with Crippen LogP contribution in [0.5, 0.6) is 0 Å². The van der Waals surface area contributed by atoms with Gasteiger partial charge in [-0.3, -0.25) is 0 Å². The smallest absolute Gasteiger partial charge is 0.410 e. The minimum atomic E-state index is -0.456. The van der Waals surface area contributed by atoms with E-state index < -0.39 is 5.60 Å². The molecule has 0 bridgehead atoms. The molecule has 102 valence electrons. The Hall–Kier alpha value is -1.42. The van der Waals surface area contributed by atoms with Crippen LogP contribution in [0.1, 0.15) is 34.1 Å². The average Bonchev–Trinajstić information content (AvgIpc) is 2.25. The van der Waals surface area contributed by atoms with E-state index in [-0.39, 0.29) is 6.09 Å². The minimum absolute atomic E-state index is 0.253. The lowest BCUT2D eigenvalue weighted by Gasteiger charge is -2.37. The highest BCUT2D eigenvalue weighted by molar-refractivity contribution is 5.68. The summed E-state index contributed by atoms with van der Waals surface area (Å²) in [6.45, 7) is 9.52. The first-order valence-corrected chi connectivity index (χ1v) is 6.32. The van der Waals surface area contributed by atoms with E-state index in [1.807, 2.05) is 20.8 Å². The second-order valence-electron chi connectivity index (χ2n) is 5.87. The van der Waals surface area contributed by atoms with Gasteiger partial charge in [-0.1, -0.05) is 12.0 Å². The van der Waals surface area contributed by atoms with Crippen LogP contribution in [0.4, 0.5) is 4.79 Å². The van der Waals surface area contributed by atoms with Crippen molar-refractivity contribution in [2.24, 2.45) is 17.0 Å². The number of likely N-dealkylation sites (tertiary alicyclic amines) is 1. The molecule has 0 aromatic heterocycles. The first kappa shape index (κ1) is 14.6. The van der Waals surface area contributed by atoms with Crippen LogP contribution >= 0.6 is 0 Å². The summed E-state index contributed by atoms with van der Waals surface area (Å²) in [4.78, 5) is 16.4. The van der Waals surface area contributed by atoms with E-state index in [2.05, 4.69) is 16.9 Å². The second-order valence-corrected chi connectivity index (χ2v) is 5.87. The van der Waals surface area contributed by atoms with Crippen molar-refractivity contribution >= 4 is 6.09 Å². The van der Waals surface area contributed by atoms with E-state index in [4.69, 9.17) is 10.3 Å². The zero-order valence-corrected chi connectivity index (χ0v) is 11.6. The summed E-state index contributed by atoms with van der Waals surface area (Å²) in [6, 6.07) is 0. The van der Waals surface area contributed by atoms with Crippen LogP contribution in [0.2, 0.25) is 0 Å². The Kier molecular flexibility index (Phi) is 4.84. The fraction of sp³-hybridized carbons (Fsp3) is 0.917. The van der Waals surface area contributed by atoms with Gasteiger partial charge in [0.2, 0.25) is 0 Å². The number of azide groups is 1.